The highest BCUT2D eigenvalue weighted by Gasteiger charge is 2.37. The molecule has 1 aliphatic heterocycles. The second-order valence-corrected chi connectivity index (χ2v) is 10.5. The molecule has 3 aromatic rings. The van der Waals surface area contributed by atoms with E-state index in [1.54, 1.807) is 24.5 Å². The summed E-state index contributed by atoms with van der Waals surface area (Å²) in [5.74, 6) is -0.367. The van der Waals surface area contributed by atoms with E-state index in [1.165, 1.54) is 22.3 Å². The zero-order valence-electron chi connectivity index (χ0n) is 15.7. The van der Waals surface area contributed by atoms with E-state index in [-0.39, 0.29) is 32.1 Å². The molecule has 11 heteroatoms. The molecule has 0 spiro atoms. The number of amides is 1. The Labute approximate surface area is 182 Å². The monoisotopic (exact) mass is 466 g/mol. The highest BCUT2D eigenvalue weighted by atomic mass is 35.5. The Hall–Kier alpha value is -2.24. The molecule has 0 saturated carbocycles. The predicted octanol–water partition coefficient (Wildman–Crippen LogP) is 2.28. The van der Waals surface area contributed by atoms with Gasteiger partial charge in [0.15, 0.2) is 0 Å². The van der Waals surface area contributed by atoms with Crippen LogP contribution in [0.1, 0.15) is 10.6 Å². The van der Waals surface area contributed by atoms with Crippen molar-refractivity contribution in [3.63, 3.8) is 0 Å². The number of rotatable bonds is 6. The van der Waals surface area contributed by atoms with Crippen LogP contribution < -0.4 is 0 Å². The van der Waals surface area contributed by atoms with Gasteiger partial charge in [-0.25, -0.2) is 8.42 Å². The van der Waals surface area contributed by atoms with Gasteiger partial charge in [0, 0.05) is 45.8 Å². The van der Waals surface area contributed by atoms with Crippen molar-refractivity contribution in [1.29, 1.82) is 0 Å². The molecule has 0 aliphatic carbocycles. The molecular formula is C19H19ClN4O4S2. The average molecular weight is 467 g/mol. The van der Waals surface area contributed by atoms with E-state index in [9.17, 15) is 18.3 Å². The fourth-order valence-corrected chi connectivity index (χ4v) is 5.58. The number of nitrogens with zero attached hydrogens (tertiary/aromatic N) is 3. The van der Waals surface area contributed by atoms with E-state index in [1.807, 2.05) is 12.1 Å². The van der Waals surface area contributed by atoms with Crippen molar-refractivity contribution >= 4 is 55.8 Å². The standard InChI is InChI=1S/C19H19ClN4O4S2/c20-18-2-1-16(29-18)4-6-30(27,28)23-10-15(12-25)24(19(26)11-23)9-14-7-13-8-21-5-3-17(13)22-14/h1-8,15,22,25H,9-12H2/b6-4+. The number of aliphatic hydroxyl groups is 1. The van der Waals surface area contributed by atoms with Crippen molar-refractivity contribution < 1.29 is 18.3 Å². The van der Waals surface area contributed by atoms with Crippen molar-refractivity contribution in [2.24, 2.45) is 0 Å². The summed E-state index contributed by atoms with van der Waals surface area (Å²) in [5, 5.41) is 11.8. The van der Waals surface area contributed by atoms with Gasteiger partial charge < -0.3 is 15.0 Å². The number of H-pyrrole nitrogens is 1. The van der Waals surface area contributed by atoms with Crippen LogP contribution in [-0.2, 0) is 21.4 Å². The number of aromatic nitrogens is 2. The lowest BCUT2D eigenvalue weighted by molar-refractivity contribution is -0.139. The first-order valence-electron chi connectivity index (χ1n) is 9.11. The molecule has 3 aromatic heterocycles. The van der Waals surface area contributed by atoms with Gasteiger partial charge in [-0.3, -0.25) is 9.78 Å². The minimum Gasteiger partial charge on any atom is -0.394 e. The summed E-state index contributed by atoms with van der Waals surface area (Å²) in [7, 11) is -3.82. The van der Waals surface area contributed by atoms with Gasteiger partial charge >= 0.3 is 0 Å². The number of hydrogen-bond acceptors (Lipinski definition) is 6. The van der Waals surface area contributed by atoms with Crippen LogP contribution in [-0.4, -0.2) is 64.3 Å². The lowest BCUT2D eigenvalue weighted by atomic mass is 10.2. The zero-order chi connectivity index (χ0) is 21.3. The molecule has 0 radical (unpaired) electrons. The highest BCUT2D eigenvalue weighted by Crippen LogP contribution is 2.24. The van der Waals surface area contributed by atoms with Crippen LogP contribution in [0.3, 0.4) is 0 Å². The SMILES string of the molecule is O=C1CN(S(=O)(=O)/C=C/c2ccc(Cl)s2)CC(CO)N1Cc1cc2cnccc2[nH]1. The van der Waals surface area contributed by atoms with Gasteiger partial charge in [0.2, 0.25) is 15.9 Å². The lowest BCUT2D eigenvalue weighted by Gasteiger charge is -2.39. The fraction of sp³-hybridized carbons (Fsp3) is 0.263. The molecule has 8 nitrogen and oxygen atoms in total. The van der Waals surface area contributed by atoms with Crippen molar-refractivity contribution in [2.75, 3.05) is 19.7 Å². The van der Waals surface area contributed by atoms with E-state index in [0.717, 1.165) is 26.3 Å². The van der Waals surface area contributed by atoms with E-state index in [2.05, 4.69) is 9.97 Å². The number of hydrogen-bond donors (Lipinski definition) is 2. The molecule has 1 fully saturated rings. The van der Waals surface area contributed by atoms with Crippen molar-refractivity contribution in [3.8, 4) is 0 Å². The van der Waals surface area contributed by atoms with Gasteiger partial charge in [0.25, 0.3) is 0 Å². The highest BCUT2D eigenvalue weighted by molar-refractivity contribution is 7.92. The van der Waals surface area contributed by atoms with Crippen LogP contribution in [0, 0.1) is 0 Å². The lowest BCUT2D eigenvalue weighted by Crippen LogP contribution is -2.58. The minimum atomic E-state index is -3.82. The van der Waals surface area contributed by atoms with E-state index < -0.39 is 16.1 Å². The Bertz CT molecular complexity index is 1170. The first-order valence-corrected chi connectivity index (χ1v) is 11.8. The van der Waals surface area contributed by atoms with Gasteiger partial charge in [0.1, 0.15) is 0 Å². The number of sulfonamides is 1. The molecule has 30 heavy (non-hydrogen) atoms. The summed E-state index contributed by atoms with van der Waals surface area (Å²) >= 11 is 7.12. The Morgan fingerprint density at radius 2 is 2.20 bits per heavy atom. The number of piperazine rings is 1. The number of pyridine rings is 1. The van der Waals surface area contributed by atoms with E-state index in [4.69, 9.17) is 11.6 Å². The third-order valence-electron chi connectivity index (χ3n) is 4.87. The molecule has 0 bridgehead atoms. The third kappa shape index (κ3) is 4.42. The van der Waals surface area contributed by atoms with Gasteiger partial charge in [-0.1, -0.05) is 11.6 Å². The quantitative estimate of drug-likeness (QED) is 0.579. The molecule has 1 unspecified atom stereocenters. The summed E-state index contributed by atoms with van der Waals surface area (Å²) in [4.78, 5) is 22.3. The number of nitrogens with one attached hydrogen (secondary N) is 1. The maximum absolute atomic E-state index is 12.8. The normalized spacial score (nSPS) is 18.7. The third-order valence-corrected chi connectivity index (χ3v) is 7.55. The van der Waals surface area contributed by atoms with Crippen LogP contribution in [0.2, 0.25) is 4.34 Å². The Morgan fingerprint density at radius 3 is 2.90 bits per heavy atom. The Kier molecular flexibility index (Phi) is 5.94. The number of fused-ring (bicyclic) bond motifs is 1. The fourth-order valence-electron chi connectivity index (χ4n) is 3.37. The van der Waals surface area contributed by atoms with Crippen molar-refractivity contribution in [1.82, 2.24) is 19.2 Å². The van der Waals surface area contributed by atoms with Crippen molar-refractivity contribution in [2.45, 2.75) is 12.6 Å². The number of thiophene rings is 1. The molecule has 1 saturated heterocycles. The molecular weight excluding hydrogens is 448 g/mol. The predicted molar refractivity (Wildman–Crippen MR) is 116 cm³/mol. The molecule has 2 N–H and O–H groups in total. The van der Waals surface area contributed by atoms with Crippen LogP contribution >= 0.6 is 22.9 Å². The summed E-state index contributed by atoms with van der Waals surface area (Å²) < 4.78 is 27.1. The molecule has 1 aliphatic rings. The number of aliphatic hydroxyl groups excluding tert-OH is 1. The molecule has 4 rings (SSSR count). The Balaban J connectivity index is 1.50. The van der Waals surface area contributed by atoms with Crippen LogP contribution in [0.25, 0.3) is 17.0 Å². The van der Waals surface area contributed by atoms with Crippen LogP contribution in [0.4, 0.5) is 0 Å². The average Bonchev–Trinajstić information content (AvgIpc) is 3.33. The summed E-state index contributed by atoms with van der Waals surface area (Å²) in [6, 6.07) is 6.48. The molecule has 158 valence electrons. The van der Waals surface area contributed by atoms with Crippen molar-refractivity contribution in [3.05, 3.63) is 57.0 Å². The topological polar surface area (TPSA) is 107 Å². The first kappa shape index (κ1) is 21.0. The molecule has 1 amide bonds. The van der Waals surface area contributed by atoms with Gasteiger partial charge in [-0.05, 0) is 30.3 Å². The smallest absolute Gasteiger partial charge is 0.238 e. The first-order chi connectivity index (χ1) is 14.4. The number of carbonyl (C=O) groups excluding carboxylic acids is 1. The maximum atomic E-state index is 12.8. The zero-order valence-corrected chi connectivity index (χ0v) is 18.1. The molecule has 1 atom stereocenters. The van der Waals surface area contributed by atoms with Gasteiger partial charge in [0.05, 0.1) is 30.1 Å². The Morgan fingerprint density at radius 1 is 1.37 bits per heavy atom. The molecule has 4 heterocycles. The second kappa shape index (κ2) is 8.48. The van der Waals surface area contributed by atoms with Crippen LogP contribution in [0.5, 0.6) is 0 Å². The summed E-state index contributed by atoms with van der Waals surface area (Å²) in [5.41, 5.74) is 1.68. The summed E-state index contributed by atoms with van der Waals surface area (Å²) in [6.07, 6.45) is 4.85. The molecule has 0 aromatic carbocycles. The second-order valence-electron chi connectivity index (χ2n) is 6.90. The van der Waals surface area contributed by atoms with E-state index >= 15 is 0 Å². The number of aromatic amines is 1. The number of carbonyl (C=O) groups is 1. The maximum Gasteiger partial charge on any atom is 0.238 e. The van der Waals surface area contributed by atoms with Gasteiger partial charge in [-0.15, -0.1) is 11.3 Å². The number of halogens is 1. The minimum absolute atomic E-state index is 0.0158. The van der Waals surface area contributed by atoms with Gasteiger partial charge in [-0.2, -0.15) is 4.31 Å². The van der Waals surface area contributed by atoms with E-state index in [0.29, 0.717) is 9.21 Å². The largest absolute Gasteiger partial charge is 0.394 e. The van der Waals surface area contributed by atoms with Crippen LogP contribution in [0.15, 0.2) is 42.1 Å². The summed E-state index contributed by atoms with van der Waals surface area (Å²) in [6.45, 7) is -0.363.